The first-order chi connectivity index (χ1) is 15.9. The van der Waals surface area contributed by atoms with Gasteiger partial charge in [0.15, 0.2) is 0 Å². The average molecular weight is 447 g/mol. The monoisotopic (exact) mass is 447 g/mol. The molecule has 3 aromatic carbocycles. The second kappa shape index (κ2) is 9.65. The van der Waals surface area contributed by atoms with Crippen LogP contribution in [0.5, 0.6) is 11.6 Å². The minimum atomic E-state index is -0.418. The van der Waals surface area contributed by atoms with E-state index in [9.17, 15) is 13.6 Å². The Hall–Kier alpha value is -4.00. The number of nitrogens with one attached hydrogen (secondary N) is 1. The van der Waals surface area contributed by atoms with Crippen LogP contribution >= 0.6 is 0 Å². The van der Waals surface area contributed by atoms with Gasteiger partial charge < -0.3 is 10.1 Å². The summed E-state index contributed by atoms with van der Waals surface area (Å²) in [6, 6.07) is 19.3. The maximum absolute atomic E-state index is 13.5. The number of benzene rings is 3. The molecule has 0 bridgehead atoms. The molecule has 0 aliphatic heterocycles. The van der Waals surface area contributed by atoms with E-state index in [0.717, 1.165) is 11.1 Å². The molecule has 0 saturated heterocycles. The lowest BCUT2D eigenvalue weighted by Crippen LogP contribution is -2.12. The van der Waals surface area contributed by atoms with Gasteiger partial charge in [-0.05, 0) is 80.4 Å². The van der Waals surface area contributed by atoms with Crippen molar-refractivity contribution in [3.63, 3.8) is 0 Å². The lowest BCUT2D eigenvalue weighted by Gasteiger charge is -2.12. The Morgan fingerprint density at radius 2 is 1.73 bits per heavy atom. The second-order valence-corrected chi connectivity index (χ2v) is 7.73. The number of hydrogen-bond donors (Lipinski definition) is 1. The van der Waals surface area contributed by atoms with Crippen molar-refractivity contribution in [1.82, 2.24) is 9.78 Å². The standard InChI is InChI=1S/C26H23F2N3O2/c1-17-5-3-8-23(15-17)33-26-24(13-14-25(32)29-21-7-4-6-20(28)16-21)18(2)30-31(26)22-11-9-19(27)10-12-22/h3-12,15-16H,13-14H2,1-2H3,(H,29,32). The molecule has 1 N–H and O–H groups in total. The maximum atomic E-state index is 13.5. The van der Waals surface area contributed by atoms with Crippen LogP contribution in [0.15, 0.2) is 72.8 Å². The summed E-state index contributed by atoms with van der Waals surface area (Å²) in [6.45, 7) is 3.80. The fourth-order valence-electron chi connectivity index (χ4n) is 3.51. The van der Waals surface area contributed by atoms with Gasteiger partial charge in [-0.3, -0.25) is 4.79 Å². The molecule has 7 heteroatoms. The molecule has 0 aliphatic carbocycles. The van der Waals surface area contributed by atoms with Crippen molar-refractivity contribution in [2.45, 2.75) is 26.7 Å². The normalized spacial score (nSPS) is 10.8. The number of ether oxygens (including phenoxy) is 1. The van der Waals surface area contributed by atoms with E-state index in [-0.39, 0.29) is 18.1 Å². The van der Waals surface area contributed by atoms with Crippen molar-refractivity contribution in [3.8, 4) is 17.3 Å². The Morgan fingerprint density at radius 1 is 0.970 bits per heavy atom. The molecule has 1 heterocycles. The number of rotatable bonds is 7. The SMILES string of the molecule is Cc1cccc(Oc2c(CCC(=O)Nc3cccc(F)c3)c(C)nn2-c2ccc(F)cc2)c1. The molecular formula is C26H23F2N3O2. The number of amides is 1. The molecule has 0 unspecified atom stereocenters. The first kappa shape index (κ1) is 22.2. The van der Waals surface area contributed by atoms with Crippen LogP contribution in [0, 0.1) is 25.5 Å². The van der Waals surface area contributed by atoms with Crippen LogP contribution in [-0.2, 0) is 11.2 Å². The Kier molecular flexibility index (Phi) is 6.49. The van der Waals surface area contributed by atoms with Crippen molar-refractivity contribution in [2.75, 3.05) is 5.32 Å². The summed E-state index contributed by atoms with van der Waals surface area (Å²) in [5.74, 6) is 0.0686. The first-order valence-corrected chi connectivity index (χ1v) is 10.5. The quantitative estimate of drug-likeness (QED) is 0.371. The third kappa shape index (κ3) is 5.44. The van der Waals surface area contributed by atoms with E-state index in [1.165, 1.54) is 30.3 Å². The molecule has 168 valence electrons. The van der Waals surface area contributed by atoms with Crippen LogP contribution in [0.3, 0.4) is 0 Å². The van der Waals surface area contributed by atoms with E-state index in [1.807, 2.05) is 38.1 Å². The van der Waals surface area contributed by atoms with E-state index in [0.29, 0.717) is 35.1 Å². The van der Waals surface area contributed by atoms with Crippen molar-refractivity contribution in [2.24, 2.45) is 0 Å². The molecule has 0 fully saturated rings. The molecule has 1 aromatic heterocycles. The maximum Gasteiger partial charge on any atom is 0.226 e. The summed E-state index contributed by atoms with van der Waals surface area (Å²) >= 11 is 0. The predicted octanol–water partition coefficient (Wildman–Crippen LogP) is 6.13. The molecule has 33 heavy (non-hydrogen) atoms. The third-order valence-electron chi connectivity index (χ3n) is 5.12. The molecule has 0 saturated carbocycles. The van der Waals surface area contributed by atoms with Crippen molar-refractivity contribution >= 4 is 11.6 Å². The van der Waals surface area contributed by atoms with Crippen LogP contribution in [0.1, 0.15) is 23.2 Å². The van der Waals surface area contributed by atoms with Crippen LogP contribution in [0.4, 0.5) is 14.5 Å². The number of carbonyl (C=O) groups excluding carboxylic acids is 1. The van der Waals surface area contributed by atoms with Gasteiger partial charge in [0, 0.05) is 17.7 Å². The molecule has 4 rings (SSSR count). The summed E-state index contributed by atoms with van der Waals surface area (Å²) in [6.07, 6.45) is 0.506. The van der Waals surface area contributed by atoms with E-state index in [4.69, 9.17) is 4.74 Å². The predicted molar refractivity (Wildman–Crippen MR) is 123 cm³/mol. The Balaban J connectivity index is 1.62. The topological polar surface area (TPSA) is 56.1 Å². The number of anilines is 1. The largest absolute Gasteiger partial charge is 0.439 e. The number of nitrogens with zero attached hydrogens (tertiary/aromatic N) is 2. The van der Waals surface area contributed by atoms with Gasteiger partial charge in [-0.15, -0.1) is 0 Å². The number of aromatic nitrogens is 2. The van der Waals surface area contributed by atoms with Crippen LogP contribution in [0.2, 0.25) is 0 Å². The Morgan fingerprint density at radius 3 is 2.45 bits per heavy atom. The average Bonchev–Trinajstić information content (AvgIpc) is 3.08. The third-order valence-corrected chi connectivity index (χ3v) is 5.12. The molecule has 4 aromatic rings. The van der Waals surface area contributed by atoms with Gasteiger partial charge in [0.2, 0.25) is 11.8 Å². The highest BCUT2D eigenvalue weighted by Gasteiger charge is 2.20. The minimum Gasteiger partial charge on any atom is -0.439 e. The second-order valence-electron chi connectivity index (χ2n) is 7.73. The van der Waals surface area contributed by atoms with E-state index < -0.39 is 5.82 Å². The molecule has 5 nitrogen and oxygen atoms in total. The minimum absolute atomic E-state index is 0.149. The smallest absolute Gasteiger partial charge is 0.226 e. The molecule has 1 amide bonds. The van der Waals surface area contributed by atoms with E-state index in [2.05, 4.69) is 10.4 Å². The van der Waals surface area contributed by atoms with E-state index in [1.54, 1.807) is 22.9 Å². The first-order valence-electron chi connectivity index (χ1n) is 10.5. The number of aryl methyl sites for hydroxylation is 2. The molecule has 0 aliphatic rings. The van der Waals surface area contributed by atoms with Crippen LogP contribution in [-0.4, -0.2) is 15.7 Å². The lowest BCUT2D eigenvalue weighted by molar-refractivity contribution is -0.116. The van der Waals surface area contributed by atoms with Gasteiger partial charge in [-0.1, -0.05) is 18.2 Å². The highest BCUT2D eigenvalue weighted by molar-refractivity contribution is 5.90. The van der Waals surface area contributed by atoms with E-state index >= 15 is 0 Å². The lowest BCUT2D eigenvalue weighted by atomic mass is 10.1. The highest BCUT2D eigenvalue weighted by Crippen LogP contribution is 2.32. The summed E-state index contributed by atoms with van der Waals surface area (Å²) in [7, 11) is 0. The van der Waals surface area contributed by atoms with Gasteiger partial charge in [0.05, 0.1) is 11.4 Å². The fourth-order valence-corrected chi connectivity index (χ4v) is 3.51. The Bertz CT molecular complexity index is 1280. The molecular weight excluding hydrogens is 424 g/mol. The summed E-state index contributed by atoms with van der Waals surface area (Å²) < 4.78 is 34.7. The van der Waals surface area contributed by atoms with Crippen molar-refractivity contribution < 1.29 is 18.3 Å². The molecule has 0 spiro atoms. The summed E-state index contributed by atoms with van der Waals surface area (Å²) in [5, 5.41) is 7.30. The van der Waals surface area contributed by atoms with Crippen LogP contribution < -0.4 is 10.1 Å². The summed E-state index contributed by atoms with van der Waals surface area (Å²) in [5.41, 5.74) is 3.52. The highest BCUT2D eigenvalue weighted by atomic mass is 19.1. The van der Waals surface area contributed by atoms with Gasteiger partial charge >= 0.3 is 0 Å². The zero-order valence-electron chi connectivity index (χ0n) is 18.3. The van der Waals surface area contributed by atoms with Gasteiger partial charge in [-0.25, -0.2) is 13.5 Å². The van der Waals surface area contributed by atoms with Crippen molar-refractivity contribution in [1.29, 1.82) is 0 Å². The van der Waals surface area contributed by atoms with Gasteiger partial charge in [0.25, 0.3) is 0 Å². The number of halogens is 2. The Labute approximate surface area is 190 Å². The van der Waals surface area contributed by atoms with Gasteiger partial charge in [0.1, 0.15) is 17.4 Å². The molecule has 0 atom stereocenters. The zero-order chi connectivity index (χ0) is 23.4. The van der Waals surface area contributed by atoms with Gasteiger partial charge in [-0.2, -0.15) is 5.10 Å². The molecule has 0 radical (unpaired) electrons. The van der Waals surface area contributed by atoms with Crippen molar-refractivity contribution in [3.05, 3.63) is 101 Å². The number of carbonyl (C=O) groups is 1. The zero-order valence-corrected chi connectivity index (χ0v) is 18.3. The number of hydrogen-bond acceptors (Lipinski definition) is 3. The fraction of sp³-hybridized carbons (Fsp3) is 0.154. The summed E-state index contributed by atoms with van der Waals surface area (Å²) in [4.78, 5) is 12.5. The van der Waals surface area contributed by atoms with Crippen LogP contribution in [0.25, 0.3) is 5.69 Å².